The van der Waals surface area contributed by atoms with Gasteiger partial charge in [-0.15, -0.1) is 0 Å². The van der Waals surface area contributed by atoms with Crippen LogP contribution in [0.4, 0.5) is 11.6 Å². The molecule has 1 fully saturated rings. The van der Waals surface area contributed by atoms with Gasteiger partial charge in [-0.2, -0.15) is 5.10 Å². The summed E-state index contributed by atoms with van der Waals surface area (Å²) in [7, 11) is 0. The van der Waals surface area contributed by atoms with Gasteiger partial charge in [0.1, 0.15) is 17.5 Å². The van der Waals surface area contributed by atoms with Crippen molar-refractivity contribution in [2.45, 2.75) is 20.8 Å². The standard InChI is InChI=1S/C19H22BrN7/c1-13-10-14(2)27(24-13)19-11-18(22-15(3)23-19)26-8-6-25(7-9-26)17-5-4-16(20)12-21-17/h4-5,10-12H,6-9H2,1-3H3. The van der Waals surface area contributed by atoms with Crippen molar-refractivity contribution in [3.63, 3.8) is 0 Å². The molecule has 3 aromatic heterocycles. The molecule has 0 radical (unpaired) electrons. The highest BCUT2D eigenvalue weighted by atomic mass is 79.9. The third-order valence-corrected chi connectivity index (χ3v) is 5.15. The molecule has 8 heteroatoms. The van der Waals surface area contributed by atoms with Crippen LogP contribution >= 0.6 is 15.9 Å². The van der Waals surface area contributed by atoms with Crippen LogP contribution in [0.2, 0.25) is 0 Å². The molecule has 0 aliphatic carbocycles. The average molecular weight is 428 g/mol. The minimum atomic E-state index is 0.757. The predicted octanol–water partition coefficient (Wildman–Crippen LogP) is 3.07. The van der Waals surface area contributed by atoms with Gasteiger partial charge in [0.25, 0.3) is 0 Å². The van der Waals surface area contributed by atoms with E-state index in [1.165, 1.54) is 0 Å². The number of rotatable bonds is 3. The third kappa shape index (κ3) is 3.80. The fourth-order valence-corrected chi connectivity index (χ4v) is 3.62. The van der Waals surface area contributed by atoms with Crippen molar-refractivity contribution >= 4 is 27.6 Å². The second-order valence-corrected chi connectivity index (χ2v) is 7.69. The van der Waals surface area contributed by atoms with E-state index in [2.05, 4.69) is 57.9 Å². The Hall–Kier alpha value is -2.48. The summed E-state index contributed by atoms with van der Waals surface area (Å²) in [6.07, 6.45) is 1.84. The predicted molar refractivity (Wildman–Crippen MR) is 110 cm³/mol. The summed E-state index contributed by atoms with van der Waals surface area (Å²) in [5.74, 6) is 3.54. The molecule has 0 saturated carbocycles. The number of halogens is 1. The quantitative estimate of drug-likeness (QED) is 0.639. The SMILES string of the molecule is Cc1cc(C)n(-c2cc(N3CCN(c4ccc(Br)cn4)CC3)nc(C)n2)n1. The van der Waals surface area contributed by atoms with E-state index in [1.54, 1.807) is 0 Å². The molecular weight excluding hydrogens is 406 g/mol. The summed E-state index contributed by atoms with van der Waals surface area (Å²) in [5.41, 5.74) is 2.06. The van der Waals surface area contributed by atoms with Gasteiger partial charge in [0.2, 0.25) is 0 Å². The van der Waals surface area contributed by atoms with Crippen LogP contribution in [0.5, 0.6) is 0 Å². The Morgan fingerprint density at radius 1 is 0.852 bits per heavy atom. The van der Waals surface area contributed by atoms with Crippen molar-refractivity contribution in [3.8, 4) is 5.82 Å². The molecule has 1 saturated heterocycles. The zero-order valence-corrected chi connectivity index (χ0v) is 17.3. The first-order valence-electron chi connectivity index (χ1n) is 9.00. The monoisotopic (exact) mass is 427 g/mol. The first-order valence-corrected chi connectivity index (χ1v) is 9.80. The third-order valence-electron chi connectivity index (χ3n) is 4.68. The highest BCUT2D eigenvalue weighted by Gasteiger charge is 2.20. The average Bonchev–Trinajstić information content (AvgIpc) is 3.00. The number of piperazine rings is 1. The van der Waals surface area contributed by atoms with Gasteiger partial charge in [0.05, 0.1) is 5.69 Å². The molecule has 7 nitrogen and oxygen atoms in total. The second-order valence-electron chi connectivity index (χ2n) is 6.78. The van der Waals surface area contributed by atoms with Gasteiger partial charge in [0, 0.05) is 48.6 Å². The Kier molecular flexibility index (Phi) is 4.82. The van der Waals surface area contributed by atoms with Crippen molar-refractivity contribution in [2.75, 3.05) is 36.0 Å². The number of aryl methyl sites for hydroxylation is 3. The summed E-state index contributed by atoms with van der Waals surface area (Å²) < 4.78 is 2.88. The molecule has 1 aliphatic rings. The largest absolute Gasteiger partial charge is 0.353 e. The van der Waals surface area contributed by atoms with Crippen LogP contribution in [0.25, 0.3) is 5.82 Å². The van der Waals surface area contributed by atoms with Gasteiger partial charge >= 0.3 is 0 Å². The van der Waals surface area contributed by atoms with Crippen LogP contribution in [0, 0.1) is 20.8 Å². The van der Waals surface area contributed by atoms with Crippen molar-refractivity contribution in [2.24, 2.45) is 0 Å². The number of nitrogens with zero attached hydrogens (tertiary/aromatic N) is 7. The first kappa shape index (κ1) is 17.9. The molecule has 0 N–H and O–H groups in total. The molecule has 0 bridgehead atoms. The topological polar surface area (TPSA) is 63.0 Å². The zero-order valence-electron chi connectivity index (χ0n) is 15.7. The van der Waals surface area contributed by atoms with Crippen LogP contribution in [-0.2, 0) is 0 Å². The van der Waals surface area contributed by atoms with E-state index < -0.39 is 0 Å². The van der Waals surface area contributed by atoms with Crippen LogP contribution in [0.1, 0.15) is 17.2 Å². The lowest BCUT2D eigenvalue weighted by atomic mass is 10.3. The highest BCUT2D eigenvalue weighted by molar-refractivity contribution is 9.10. The molecule has 0 amide bonds. The van der Waals surface area contributed by atoms with E-state index >= 15 is 0 Å². The number of anilines is 2. The lowest BCUT2D eigenvalue weighted by molar-refractivity contribution is 0.638. The van der Waals surface area contributed by atoms with Crippen molar-refractivity contribution in [1.29, 1.82) is 0 Å². The van der Waals surface area contributed by atoms with Gasteiger partial charge < -0.3 is 9.80 Å². The smallest absolute Gasteiger partial charge is 0.159 e. The van der Waals surface area contributed by atoms with Crippen molar-refractivity contribution in [3.05, 3.63) is 52.1 Å². The van der Waals surface area contributed by atoms with Crippen LogP contribution in [0.3, 0.4) is 0 Å². The molecule has 1 aliphatic heterocycles. The summed E-state index contributed by atoms with van der Waals surface area (Å²) in [6, 6.07) is 8.17. The maximum Gasteiger partial charge on any atom is 0.159 e. The van der Waals surface area contributed by atoms with E-state index in [0.29, 0.717) is 0 Å². The van der Waals surface area contributed by atoms with Crippen LogP contribution in [-0.4, -0.2) is 50.9 Å². The second kappa shape index (κ2) is 7.26. The number of aromatic nitrogens is 5. The van der Waals surface area contributed by atoms with E-state index in [9.17, 15) is 0 Å². The lowest BCUT2D eigenvalue weighted by Crippen LogP contribution is -2.47. The molecule has 140 valence electrons. The van der Waals surface area contributed by atoms with Crippen molar-refractivity contribution in [1.82, 2.24) is 24.7 Å². The normalized spacial score (nSPS) is 14.7. The van der Waals surface area contributed by atoms with Crippen LogP contribution < -0.4 is 9.80 Å². The Bertz CT molecular complexity index is 943. The number of hydrogen-bond acceptors (Lipinski definition) is 6. The van der Waals surface area contributed by atoms with E-state index in [0.717, 1.165) is 65.3 Å². The fraction of sp³-hybridized carbons (Fsp3) is 0.368. The van der Waals surface area contributed by atoms with Gasteiger partial charge in [0.15, 0.2) is 5.82 Å². The zero-order chi connectivity index (χ0) is 19.0. The van der Waals surface area contributed by atoms with Gasteiger partial charge in [-0.1, -0.05) is 0 Å². The Labute approximate surface area is 167 Å². The molecule has 4 rings (SSSR count). The number of hydrogen-bond donors (Lipinski definition) is 0. The minimum Gasteiger partial charge on any atom is -0.353 e. The van der Waals surface area contributed by atoms with E-state index in [4.69, 9.17) is 0 Å². The Morgan fingerprint density at radius 3 is 2.11 bits per heavy atom. The molecule has 4 heterocycles. The maximum absolute atomic E-state index is 4.66. The molecular formula is C19H22BrN7. The minimum absolute atomic E-state index is 0.757. The van der Waals surface area contributed by atoms with Crippen molar-refractivity contribution < 1.29 is 0 Å². The van der Waals surface area contributed by atoms with E-state index in [1.807, 2.05) is 43.8 Å². The first-order chi connectivity index (χ1) is 13.0. The molecule has 0 aromatic carbocycles. The molecule has 27 heavy (non-hydrogen) atoms. The molecule has 0 atom stereocenters. The molecule has 0 spiro atoms. The molecule has 3 aromatic rings. The highest BCUT2D eigenvalue weighted by Crippen LogP contribution is 2.21. The maximum atomic E-state index is 4.66. The van der Waals surface area contributed by atoms with Crippen LogP contribution in [0.15, 0.2) is 34.9 Å². The van der Waals surface area contributed by atoms with E-state index in [-0.39, 0.29) is 0 Å². The molecule has 0 unspecified atom stereocenters. The summed E-state index contributed by atoms with van der Waals surface area (Å²) in [6.45, 7) is 9.57. The van der Waals surface area contributed by atoms with Gasteiger partial charge in [-0.3, -0.25) is 0 Å². The fourth-order valence-electron chi connectivity index (χ4n) is 3.39. The number of pyridine rings is 1. The summed E-state index contributed by atoms with van der Waals surface area (Å²) >= 11 is 3.44. The summed E-state index contributed by atoms with van der Waals surface area (Å²) in [5, 5.41) is 4.55. The Balaban J connectivity index is 1.53. The van der Waals surface area contributed by atoms with Gasteiger partial charge in [-0.05, 0) is 54.9 Å². The lowest BCUT2D eigenvalue weighted by Gasteiger charge is -2.36. The Morgan fingerprint density at radius 2 is 1.52 bits per heavy atom. The summed E-state index contributed by atoms with van der Waals surface area (Å²) in [4.78, 5) is 18.4. The van der Waals surface area contributed by atoms with Gasteiger partial charge in [-0.25, -0.2) is 19.6 Å².